The zero-order valence-corrected chi connectivity index (χ0v) is 14.2. The highest BCUT2D eigenvalue weighted by Gasteiger charge is 2.31. The van der Waals surface area contributed by atoms with Crippen molar-refractivity contribution in [2.45, 2.75) is 18.9 Å². The summed E-state index contributed by atoms with van der Waals surface area (Å²) in [4.78, 5) is 29.5. The highest BCUT2D eigenvalue weighted by Crippen LogP contribution is 2.37. The fourth-order valence-corrected chi connectivity index (χ4v) is 3.56. The average Bonchev–Trinajstić information content (AvgIpc) is 3.27. The van der Waals surface area contributed by atoms with E-state index in [2.05, 4.69) is 10.1 Å². The zero-order chi connectivity index (χ0) is 19.1. The van der Waals surface area contributed by atoms with Crippen molar-refractivity contribution in [1.29, 1.82) is 0 Å². The molecule has 1 aromatic carbocycles. The SMILES string of the molecule is NC(=O)c1cnn2ccc(N3CCCC3c3cc(F)ccc3C(=O)O)nc12. The number of carboxylic acid groups (broad SMARTS) is 1. The lowest BCUT2D eigenvalue weighted by molar-refractivity contribution is 0.0694. The highest BCUT2D eigenvalue weighted by molar-refractivity contribution is 5.98. The second-order valence-electron chi connectivity index (χ2n) is 6.36. The number of rotatable bonds is 4. The van der Waals surface area contributed by atoms with Crippen molar-refractivity contribution in [1.82, 2.24) is 14.6 Å². The monoisotopic (exact) mass is 369 g/mol. The maximum Gasteiger partial charge on any atom is 0.336 e. The van der Waals surface area contributed by atoms with Gasteiger partial charge in [0.25, 0.3) is 5.91 Å². The first kappa shape index (κ1) is 17.0. The number of anilines is 1. The molecule has 0 aliphatic carbocycles. The maximum atomic E-state index is 13.8. The van der Waals surface area contributed by atoms with Gasteiger partial charge in [0.15, 0.2) is 5.65 Å². The van der Waals surface area contributed by atoms with Crippen molar-refractivity contribution in [3.8, 4) is 0 Å². The van der Waals surface area contributed by atoms with Crippen molar-refractivity contribution >= 4 is 23.3 Å². The van der Waals surface area contributed by atoms with Crippen LogP contribution in [0, 0.1) is 5.82 Å². The van der Waals surface area contributed by atoms with Crippen LogP contribution in [0.2, 0.25) is 0 Å². The minimum Gasteiger partial charge on any atom is -0.478 e. The Labute approximate surface area is 153 Å². The number of amides is 1. The third-order valence-electron chi connectivity index (χ3n) is 4.77. The number of hydrogen-bond donors (Lipinski definition) is 2. The van der Waals surface area contributed by atoms with Crippen LogP contribution < -0.4 is 10.6 Å². The molecule has 3 N–H and O–H groups in total. The molecule has 2 aromatic heterocycles. The molecule has 3 aromatic rings. The minimum absolute atomic E-state index is 0.0663. The third kappa shape index (κ3) is 2.86. The van der Waals surface area contributed by atoms with Gasteiger partial charge in [-0.15, -0.1) is 0 Å². The molecule has 1 saturated heterocycles. The van der Waals surface area contributed by atoms with Gasteiger partial charge in [0.2, 0.25) is 0 Å². The summed E-state index contributed by atoms with van der Waals surface area (Å²) in [5, 5.41) is 13.5. The van der Waals surface area contributed by atoms with Gasteiger partial charge in [-0.05, 0) is 42.7 Å². The summed E-state index contributed by atoms with van der Waals surface area (Å²) in [6.45, 7) is 0.628. The molecule has 1 amide bonds. The van der Waals surface area contributed by atoms with E-state index in [-0.39, 0.29) is 17.2 Å². The number of halogens is 1. The molecule has 9 heteroatoms. The molecule has 0 saturated carbocycles. The van der Waals surface area contributed by atoms with Gasteiger partial charge in [-0.1, -0.05) is 0 Å². The molecule has 1 unspecified atom stereocenters. The number of carbonyl (C=O) groups is 2. The molecule has 8 nitrogen and oxygen atoms in total. The second-order valence-corrected chi connectivity index (χ2v) is 6.36. The number of hydrogen-bond acceptors (Lipinski definition) is 5. The van der Waals surface area contributed by atoms with E-state index >= 15 is 0 Å². The van der Waals surface area contributed by atoms with Gasteiger partial charge in [0.1, 0.15) is 17.2 Å². The standard InChI is InChI=1S/C18H16FN5O3/c19-10-3-4-11(18(26)27)12(8-10)14-2-1-6-23(14)15-5-7-24-17(22-15)13(9-21-24)16(20)25/h3-5,7-9,14H,1-2,6H2,(H2,20,25)(H,26,27). The van der Waals surface area contributed by atoms with Gasteiger partial charge < -0.3 is 15.7 Å². The van der Waals surface area contributed by atoms with Crippen LogP contribution in [-0.2, 0) is 0 Å². The molecule has 27 heavy (non-hydrogen) atoms. The predicted octanol–water partition coefficient (Wildman–Crippen LogP) is 2.01. The Bertz CT molecular complexity index is 1060. The first-order chi connectivity index (χ1) is 13.0. The average molecular weight is 369 g/mol. The van der Waals surface area contributed by atoms with Crippen LogP contribution in [0.1, 0.15) is 45.2 Å². The highest BCUT2D eigenvalue weighted by atomic mass is 19.1. The number of nitrogens with two attached hydrogens (primary N) is 1. The van der Waals surface area contributed by atoms with E-state index in [1.54, 1.807) is 12.3 Å². The lowest BCUT2D eigenvalue weighted by Crippen LogP contribution is -2.25. The summed E-state index contributed by atoms with van der Waals surface area (Å²) in [6, 6.07) is 5.08. The Morgan fingerprint density at radius 2 is 2.07 bits per heavy atom. The molecule has 4 rings (SSSR count). The van der Waals surface area contributed by atoms with Gasteiger partial charge in [-0.2, -0.15) is 5.10 Å². The Morgan fingerprint density at radius 3 is 2.81 bits per heavy atom. The lowest BCUT2D eigenvalue weighted by Gasteiger charge is -2.27. The molecule has 1 aliphatic heterocycles. The first-order valence-electron chi connectivity index (χ1n) is 8.39. The number of aromatic carboxylic acids is 1. The Kier molecular flexibility index (Phi) is 3.98. The van der Waals surface area contributed by atoms with E-state index in [9.17, 15) is 19.1 Å². The van der Waals surface area contributed by atoms with Crippen LogP contribution >= 0.6 is 0 Å². The van der Waals surface area contributed by atoms with Gasteiger partial charge in [-0.25, -0.2) is 18.7 Å². The molecular weight excluding hydrogens is 353 g/mol. The van der Waals surface area contributed by atoms with Crippen molar-refractivity contribution in [2.75, 3.05) is 11.4 Å². The molecule has 1 aliphatic rings. The van der Waals surface area contributed by atoms with E-state index in [1.807, 2.05) is 4.90 Å². The molecular formula is C18H16FN5O3. The summed E-state index contributed by atoms with van der Waals surface area (Å²) in [7, 11) is 0. The summed E-state index contributed by atoms with van der Waals surface area (Å²) < 4.78 is 15.3. The fourth-order valence-electron chi connectivity index (χ4n) is 3.56. The maximum absolute atomic E-state index is 13.8. The molecule has 0 radical (unpaired) electrons. The van der Waals surface area contributed by atoms with E-state index in [0.29, 0.717) is 30.0 Å². The van der Waals surface area contributed by atoms with Gasteiger partial charge in [-0.3, -0.25) is 4.79 Å². The normalized spacial score (nSPS) is 16.8. The van der Waals surface area contributed by atoms with Crippen molar-refractivity contribution in [2.24, 2.45) is 5.73 Å². The fraction of sp³-hybridized carbons (Fsp3) is 0.222. The molecule has 3 heterocycles. The number of primary amides is 1. The summed E-state index contributed by atoms with van der Waals surface area (Å²) in [5.74, 6) is -1.68. The molecule has 1 atom stereocenters. The molecule has 0 spiro atoms. The molecule has 0 bridgehead atoms. The number of fused-ring (bicyclic) bond motifs is 1. The summed E-state index contributed by atoms with van der Waals surface area (Å²) in [6.07, 6.45) is 4.47. The number of carboxylic acids is 1. The largest absolute Gasteiger partial charge is 0.478 e. The van der Waals surface area contributed by atoms with Crippen LogP contribution in [0.15, 0.2) is 36.7 Å². The number of carbonyl (C=O) groups excluding carboxylic acids is 1. The van der Waals surface area contributed by atoms with Crippen LogP contribution in [0.4, 0.5) is 10.2 Å². The summed E-state index contributed by atoms with van der Waals surface area (Å²) >= 11 is 0. The van der Waals surface area contributed by atoms with Crippen molar-refractivity contribution in [3.05, 3.63) is 59.2 Å². The van der Waals surface area contributed by atoms with Gasteiger partial charge >= 0.3 is 5.97 Å². The lowest BCUT2D eigenvalue weighted by atomic mass is 9.98. The van der Waals surface area contributed by atoms with E-state index < -0.39 is 17.7 Å². The Morgan fingerprint density at radius 1 is 1.26 bits per heavy atom. The number of aromatic nitrogens is 3. The van der Waals surface area contributed by atoms with Crippen LogP contribution in [0.25, 0.3) is 5.65 Å². The van der Waals surface area contributed by atoms with Crippen molar-refractivity contribution < 1.29 is 19.1 Å². The van der Waals surface area contributed by atoms with E-state index in [1.165, 1.54) is 22.8 Å². The van der Waals surface area contributed by atoms with E-state index in [0.717, 1.165) is 12.5 Å². The minimum atomic E-state index is -1.10. The molecule has 1 fully saturated rings. The number of benzene rings is 1. The van der Waals surface area contributed by atoms with Gasteiger partial charge in [0, 0.05) is 12.7 Å². The van der Waals surface area contributed by atoms with Crippen LogP contribution in [0.5, 0.6) is 0 Å². The van der Waals surface area contributed by atoms with Crippen molar-refractivity contribution in [3.63, 3.8) is 0 Å². The second kappa shape index (κ2) is 6.35. The topological polar surface area (TPSA) is 114 Å². The third-order valence-corrected chi connectivity index (χ3v) is 4.77. The predicted molar refractivity (Wildman–Crippen MR) is 94.2 cm³/mol. The Hall–Kier alpha value is -3.49. The quantitative estimate of drug-likeness (QED) is 0.727. The van der Waals surface area contributed by atoms with E-state index in [4.69, 9.17) is 5.73 Å². The van der Waals surface area contributed by atoms with Gasteiger partial charge in [0.05, 0.1) is 17.8 Å². The van der Waals surface area contributed by atoms with Crippen LogP contribution in [0.3, 0.4) is 0 Å². The molecule has 138 valence electrons. The Balaban J connectivity index is 1.79. The smallest absolute Gasteiger partial charge is 0.336 e. The first-order valence-corrected chi connectivity index (χ1v) is 8.39. The summed E-state index contributed by atoms with van der Waals surface area (Å²) in [5.41, 5.74) is 6.36. The van der Waals surface area contributed by atoms with Crippen LogP contribution in [-0.4, -0.2) is 38.1 Å². The number of nitrogens with zero attached hydrogens (tertiary/aromatic N) is 4. The zero-order valence-electron chi connectivity index (χ0n) is 14.2.